The Morgan fingerprint density at radius 2 is 1.89 bits per heavy atom. The van der Waals surface area contributed by atoms with Gasteiger partial charge < -0.3 is 10.5 Å². The van der Waals surface area contributed by atoms with E-state index in [1.807, 2.05) is 48.5 Å². The summed E-state index contributed by atoms with van der Waals surface area (Å²) in [6.45, 7) is 0.980. The Morgan fingerprint density at radius 1 is 1.11 bits per heavy atom. The molecular weight excluding hydrogens is 304 g/mol. The highest BCUT2D eigenvalue weighted by Gasteiger charge is 2.04. The normalized spacial score (nSPS) is 10.4. The van der Waals surface area contributed by atoms with Crippen LogP contribution < -0.4 is 5.73 Å². The maximum atomic E-state index is 7.52. The van der Waals surface area contributed by atoms with Crippen LogP contribution in [0.15, 0.2) is 53.0 Å². The molecule has 19 heavy (non-hydrogen) atoms. The lowest BCUT2D eigenvalue weighted by atomic mass is 10.1. The molecule has 0 aromatic heterocycles. The molecule has 0 radical (unpaired) electrons. The van der Waals surface area contributed by atoms with Gasteiger partial charge in [-0.1, -0.05) is 52.3 Å². The summed E-state index contributed by atoms with van der Waals surface area (Å²) in [6.07, 6.45) is 0. The van der Waals surface area contributed by atoms with Gasteiger partial charge in [0.1, 0.15) is 5.84 Å². The number of hydrogen-bond donors (Lipinski definition) is 2. The number of nitrogen functional groups attached to an aromatic ring is 1. The van der Waals surface area contributed by atoms with Crippen molar-refractivity contribution in [3.63, 3.8) is 0 Å². The number of hydrogen-bond acceptors (Lipinski definition) is 2. The van der Waals surface area contributed by atoms with Gasteiger partial charge in [-0.25, -0.2) is 0 Å². The Balaban J connectivity index is 1.98. The lowest BCUT2D eigenvalue weighted by Crippen LogP contribution is -2.14. The summed E-state index contributed by atoms with van der Waals surface area (Å²) < 4.78 is 6.72. The van der Waals surface area contributed by atoms with Crippen molar-refractivity contribution in [3.8, 4) is 0 Å². The summed E-state index contributed by atoms with van der Waals surface area (Å²) in [7, 11) is 0. The Labute approximate surface area is 121 Å². The molecule has 98 valence electrons. The average molecular weight is 319 g/mol. The first-order chi connectivity index (χ1) is 9.16. The van der Waals surface area contributed by atoms with Crippen molar-refractivity contribution >= 4 is 21.8 Å². The van der Waals surface area contributed by atoms with Crippen LogP contribution in [0.3, 0.4) is 0 Å². The summed E-state index contributed by atoms with van der Waals surface area (Å²) in [6, 6.07) is 15.6. The van der Waals surface area contributed by atoms with Crippen molar-refractivity contribution in [2.75, 3.05) is 0 Å². The van der Waals surface area contributed by atoms with Gasteiger partial charge in [0, 0.05) is 10.0 Å². The van der Waals surface area contributed by atoms with Crippen molar-refractivity contribution in [2.45, 2.75) is 13.2 Å². The zero-order valence-electron chi connectivity index (χ0n) is 10.4. The fourth-order valence-corrected chi connectivity index (χ4v) is 2.26. The zero-order valence-corrected chi connectivity index (χ0v) is 12.0. The molecule has 0 saturated heterocycles. The standard InChI is InChI=1S/C15H15BrN2O/c16-13-6-3-4-11(8-13)9-19-10-12-5-1-2-7-14(12)15(17)18/h1-8H,9-10H2,(H3,17,18). The van der Waals surface area contributed by atoms with Crippen molar-refractivity contribution in [3.05, 3.63) is 69.7 Å². The van der Waals surface area contributed by atoms with Crippen LogP contribution >= 0.6 is 15.9 Å². The van der Waals surface area contributed by atoms with Crippen LogP contribution in [0.4, 0.5) is 0 Å². The Hall–Kier alpha value is -1.65. The van der Waals surface area contributed by atoms with Gasteiger partial charge in [0.15, 0.2) is 0 Å². The maximum absolute atomic E-state index is 7.52. The molecule has 0 spiro atoms. The van der Waals surface area contributed by atoms with Crippen LogP contribution in [0.1, 0.15) is 16.7 Å². The first-order valence-corrected chi connectivity index (χ1v) is 6.70. The second kappa shape index (κ2) is 6.50. The number of ether oxygens (including phenoxy) is 1. The van der Waals surface area contributed by atoms with Gasteiger partial charge in [0.05, 0.1) is 13.2 Å². The molecule has 0 aliphatic carbocycles. The summed E-state index contributed by atoms with van der Waals surface area (Å²) in [4.78, 5) is 0. The molecule has 2 rings (SSSR count). The minimum absolute atomic E-state index is 0.0710. The van der Waals surface area contributed by atoms with E-state index < -0.39 is 0 Å². The third kappa shape index (κ3) is 3.91. The van der Waals surface area contributed by atoms with E-state index in [1.165, 1.54) is 0 Å². The van der Waals surface area contributed by atoms with Gasteiger partial charge in [0.25, 0.3) is 0 Å². The van der Waals surface area contributed by atoms with Gasteiger partial charge >= 0.3 is 0 Å². The molecule has 0 bridgehead atoms. The minimum atomic E-state index is 0.0710. The number of rotatable bonds is 5. The van der Waals surface area contributed by atoms with Gasteiger partial charge in [-0.2, -0.15) is 0 Å². The molecule has 2 aromatic carbocycles. The molecule has 2 aromatic rings. The molecule has 3 N–H and O–H groups in total. The van der Waals surface area contributed by atoms with Crippen LogP contribution in [0.25, 0.3) is 0 Å². The van der Waals surface area contributed by atoms with Crippen LogP contribution in [-0.2, 0) is 18.0 Å². The maximum Gasteiger partial charge on any atom is 0.123 e. The topological polar surface area (TPSA) is 59.1 Å². The molecule has 4 heteroatoms. The van der Waals surface area contributed by atoms with E-state index in [2.05, 4.69) is 15.9 Å². The van der Waals surface area contributed by atoms with E-state index >= 15 is 0 Å². The summed E-state index contributed by atoms with van der Waals surface area (Å²) in [5.74, 6) is 0.0710. The molecular formula is C15H15BrN2O. The highest BCUT2D eigenvalue weighted by atomic mass is 79.9. The number of halogens is 1. The Bertz CT molecular complexity index is 584. The van der Waals surface area contributed by atoms with E-state index in [4.69, 9.17) is 15.9 Å². The molecule has 0 saturated carbocycles. The fourth-order valence-electron chi connectivity index (χ4n) is 1.81. The largest absolute Gasteiger partial charge is 0.384 e. The predicted molar refractivity (Wildman–Crippen MR) is 80.1 cm³/mol. The molecule has 0 unspecified atom stereocenters. The van der Waals surface area contributed by atoms with Crippen LogP contribution in [0.2, 0.25) is 0 Å². The first kappa shape index (κ1) is 13.8. The summed E-state index contributed by atoms with van der Waals surface area (Å²) in [5.41, 5.74) is 8.31. The molecule has 0 aliphatic heterocycles. The highest BCUT2D eigenvalue weighted by Crippen LogP contribution is 2.14. The van der Waals surface area contributed by atoms with E-state index in [0.717, 1.165) is 21.2 Å². The lowest BCUT2D eigenvalue weighted by molar-refractivity contribution is 0.107. The first-order valence-electron chi connectivity index (χ1n) is 5.91. The highest BCUT2D eigenvalue weighted by molar-refractivity contribution is 9.10. The molecule has 0 fully saturated rings. The van der Waals surface area contributed by atoms with Gasteiger partial charge in [0.2, 0.25) is 0 Å². The predicted octanol–water partition coefficient (Wildman–Crippen LogP) is 3.45. The van der Waals surface area contributed by atoms with Crippen molar-refractivity contribution in [1.29, 1.82) is 5.41 Å². The number of benzene rings is 2. The quantitative estimate of drug-likeness (QED) is 0.655. The molecule has 3 nitrogen and oxygen atoms in total. The second-order valence-corrected chi connectivity index (χ2v) is 5.11. The lowest BCUT2D eigenvalue weighted by Gasteiger charge is -2.09. The van der Waals surface area contributed by atoms with E-state index in [-0.39, 0.29) is 5.84 Å². The monoisotopic (exact) mass is 318 g/mol. The third-order valence-electron chi connectivity index (χ3n) is 2.72. The van der Waals surface area contributed by atoms with Crippen molar-refractivity contribution in [1.82, 2.24) is 0 Å². The summed E-state index contributed by atoms with van der Waals surface area (Å²) in [5, 5.41) is 7.52. The SMILES string of the molecule is N=C(N)c1ccccc1COCc1cccc(Br)c1. The van der Waals surface area contributed by atoms with Crippen LogP contribution in [0, 0.1) is 5.41 Å². The molecule has 0 atom stereocenters. The van der Waals surface area contributed by atoms with Crippen molar-refractivity contribution < 1.29 is 4.74 Å². The van der Waals surface area contributed by atoms with Crippen LogP contribution in [-0.4, -0.2) is 5.84 Å². The Morgan fingerprint density at radius 3 is 2.63 bits per heavy atom. The average Bonchev–Trinajstić information content (AvgIpc) is 2.39. The third-order valence-corrected chi connectivity index (χ3v) is 3.22. The number of nitrogens with one attached hydrogen (secondary N) is 1. The zero-order chi connectivity index (χ0) is 13.7. The minimum Gasteiger partial charge on any atom is -0.384 e. The molecule has 0 heterocycles. The second-order valence-electron chi connectivity index (χ2n) is 4.19. The fraction of sp³-hybridized carbons (Fsp3) is 0.133. The van der Waals surface area contributed by atoms with Crippen molar-refractivity contribution in [2.24, 2.45) is 5.73 Å². The molecule has 0 amide bonds. The van der Waals surface area contributed by atoms with Gasteiger partial charge in [-0.15, -0.1) is 0 Å². The van der Waals surface area contributed by atoms with Gasteiger partial charge in [-0.05, 0) is 23.3 Å². The number of nitrogens with two attached hydrogens (primary N) is 1. The summed E-state index contributed by atoms with van der Waals surface area (Å²) >= 11 is 3.43. The van der Waals surface area contributed by atoms with E-state index in [9.17, 15) is 0 Å². The van der Waals surface area contributed by atoms with Gasteiger partial charge in [-0.3, -0.25) is 5.41 Å². The van der Waals surface area contributed by atoms with E-state index in [1.54, 1.807) is 0 Å². The van der Waals surface area contributed by atoms with Crippen LogP contribution in [0.5, 0.6) is 0 Å². The smallest absolute Gasteiger partial charge is 0.123 e. The number of amidine groups is 1. The van der Waals surface area contributed by atoms with E-state index in [0.29, 0.717) is 13.2 Å². The molecule has 0 aliphatic rings. The Kier molecular flexibility index (Phi) is 4.71.